The van der Waals surface area contributed by atoms with E-state index in [1.807, 2.05) is 42.5 Å². The zero-order valence-corrected chi connectivity index (χ0v) is 18.5. The van der Waals surface area contributed by atoms with Gasteiger partial charge in [0.25, 0.3) is 0 Å². The first-order valence-corrected chi connectivity index (χ1v) is 10.0. The van der Waals surface area contributed by atoms with Gasteiger partial charge in [-0.05, 0) is 59.2 Å². The van der Waals surface area contributed by atoms with Gasteiger partial charge in [-0.2, -0.15) is 0 Å². The lowest BCUT2D eigenvalue weighted by Crippen LogP contribution is -2.07. The maximum Gasteiger partial charge on any atom is 0.248 e. The Morgan fingerprint density at radius 2 is 1.42 bits per heavy atom. The number of amides is 1. The molecule has 7 heteroatoms. The summed E-state index contributed by atoms with van der Waals surface area (Å²) in [6.45, 7) is 0. The third-order valence-corrected chi connectivity index (χ3v) is 4.74. The fourth-order valence-electron chi connectivity index (χ4n) is 3.11. The lowest BCUT2D eigenvalue weighted by molar-refractivity contribution is -0.111. The minimum Gasteiger partial charge on any atom is -0.504 e. The molecule has 0 aliphatic rings. The van der Waals surface area contributed by atoms with Crippen LogP contribution < -0.4 is 19.5 Å². The van der Waals surface area contributed by atoms with Crippen LogP contribution in [0.3, 0.4) is 0 Å². The molecular formula is C26H25NO6. The number of hydrogen-bond acceptors (Lipinski definition) is 6. The topological polar surface area (TPSA) is 97.3 Å². The van der Waals surface area contributed by atoms with Gasteiger partial charge in [-0.15, -0.1) is 0 Å². The minimum atomic E-state index is -0.326. The second-order valence-corrected chi connectivity index (χ2v) is 6.99. The van der Waals surface area contributed by atoms with Crippen molar-refractivity contribution in [2.45, 2.75) is 0 Å². The first-order valence-electron chi connectivity index (χ1n) is 10.0. The van der Waals surface area contributed by atoms with Crippen molar-refractivity contribution in [3.8, 4) is 28.7 Å². The van der Waals surface area contributed by atoms with Crippen molar-refractivity contribution in [1.82, 2.24) is 0 Å². The Hall–Kier alpha value is -4.39. The van der Waals surface area contributed by atoms with Gasteiger partial charge in [-0.3, -0.25) is 4.79 Å². The SMILES string of the molecule is COc1cc(C=Cc2cccc(NC(=O)/C=C/c3ccc(O)c(O)c3)c2)cc(OC)c1OC. The molecule has 0 atom stereocenters. The number of aromatic hydroxyl groups is 2. The van der Waals surface area contributed by atoms with E-state index in [-0.39, 0.29) is 17.4 Å². The van der Waals surface area contributed by atoms with Crippen molar-refractivity contribution in [2.24, 2.45) is 0 Å². The van der Waals surface area contributed by atoms with Crippen LogP contribution in [0.25, 0.3) is 18.2 Å². The molecule has 0 saturated carbocycles. The van der Waals surface area contributed by atoms with Gasteiger partial charge in [0, 0.05) is 11.8 Å². The van der Waals surface area contributed by atoms with Crippen LogP contribution in [0.5, 0.6) is 28.7 Å². The van der Waals surface area contributed by atoms with Gasteiger partial charge in [0.2, 0.25) is 11.7 Å². The van der Waals surface area contributed by atoms with Crippen LogP contribution in [0.15, 0.2) is 60.7 Å². The summed E-state index contributed by atoms with van der Waals surface area (Å²) in [5, 5.41) is 21.7. The predicted octanol–water partition coefficient (Wildman–Crippen LogP) is 4.95. The van der Waals surface area contributed by atoms with E-state index in [0.29, 0.717) is 28.5 Å². The highest BCUT2D eigenvalue weighted by Crippen LogP contribution is 2.38. The molecule has 0 aliphatic heterocycles. The predicted molar refractivity (Wildman–Crippen MR) is 129 cm³/mol. The number of nitrogens with one attached hydrogen (secondary N) is 1. The number of methoxy groups -OCH3 is 3. The molecule has 0 bridgehead atoms. The maximum absolute atomic E-state index is 12.3. The summed E-state index contributed by atoms with van der Waals surface area (Å²) < 4.78 is 16.1. The second-order valence-electron chi connectivity index (χ2n) is 6.99. The Kier molecular flexibility index (Phi) is 7.60. The molecule has 3 aromatic carbocycles. The van der Waals surface area contributed by atoms with Crippen LogP contribution in [0.2, 0.25) is 0 Å². The normalized spacial score (nSPS) is 11.0. The first-order chi connectivity index (χ1) is 15.9. The van der Waals surface area contributed by atoms with E-state index >= 15 is 0 Å². The smallest absolute Gasteiger partial charge is 0.248 e. The van der Waals surface area contributed by atoms with Gasteiger partial charge >= 0.3 is 0 Å². The molecule has 0 fully saturated rings. The zero-order chi connectivity index (χ0) is 23.8. The Balaban J connectivity index is 1.72. The number of ether oxygens (including phenoxy) is 3. The summed E-state index contributed by atoms with van der Waals surface area (Å²) in [5.41, 5.74) is 2.96. The summed E-state index contributed by atoms with van der Waals surface area (Å²) in [6.07, 6.45) is 6.71. The van der Waals surface area contributed by atoms with Crippen LogP contribution in [0, 0.1) is 0 Å². The monoisotopic (exact) mass is 447 g/mol. The number of phenols is 2. The van der Waals surface area contributed by atoms with Crippen LogP contribution >= 0.6 is 0 Å². The number of rotatable bonds is 8. The van der Waals surface area contributed by atoms with Gasteiger partial charge < -0.3 is 29.7 Å². The van der Waals surface area contributed by atoms with Crippen LogP contribution in [0.4, 0.5) is 5.69 Å². The highest BCUT2D eigenvalue weighted by Gasteiger charge is 2.12. The van der Waals surface area contributed by atoms with Crippen molar-refractivity contribution in [3.63, 3.8) is 0 Å². The van der Waals surface area contributed by atoms with Crippen molar-refractivity contribution >= 4 is 29.8 Å². The molecular weight excluding hydrogens is 422 g/mol. The molecule has 0 heterocycles. The molecule has 3 N–H and O–H groups in total. The molecule has 3 rings (SSSR count). The summed E-state index contributed by atoms with van der Waals surface area (Å²) in [7, 11) is 4.69. The van der Waals surface area contributed by atoms with Gasteiger partial charge in [-0.1, -0.05) is 30.4 Å². The van der Waals surface area contributed by atoms with E-state index in [4.69, 9.17) is 14.2 Å². The molecule has 170 valence electrons. The molecule has 1 amide bonds. The number of benzene rings is 3. The quantitative estimate of drug-likeness (QED) is 0.257. The summed E-state index contributed by atoms with van der Waals surface area (Å²) in [4.78, 5) is 12.3. The van der Waals surface area contributed by atoms with Crippen molar-refractivity contribution in [2.75, 3.05) is 26.6 Å². The molecule has 0 spiro atoms. The summed E-state index contributed by atoms with van der Waals surface area (Å²) >= 11 is 0. The third-order valence-electron chi connectivity index (χ3n) is 4.74. The van der Waals surface area contributed by atoms with Gasteiger partial charge in [0.1, 0.15) is 0 Å². The number of phenolic OH excluding ortho intramolecular Hbond substituents is 2. The average molecular weight is 447 g/mol. The zero-order valence-electron chi connectivity index (χ0n) is 18.5. The van der Waals surface area contributed by atoms with Crippen LogP contribution in [-0.2, 0) is 4.79 Å². The van der Waals surface area contributed by atoms with Gasteiger partial charge in [0.15, 0.2) is 23.0 Å². The van der Waals surface area contributed by atoms with Gasteiger partial charge in [-0.25, -0.2) is 0 Å². The molecule has 7 nitrogen and oxygen atoms in total. The molecule has 0 saturated heterocycles. The van der Waals surface area contributed by atoms with E-state index in [0.717, 1.165) is 11.1 Å². The van der Waals surface area contributed by atoms with E-state index in [1.165, 1.54) is 18.2 Å². The Morgan fingerprint density at radius 1 is 0.758 bits per heavy atom. The number of hydrogen-bond donors (Lipinski definition) is 3. The second kappa shape index (κ2) is 10.8. The molecule has 3 aromatic rings. The van der Waals surface area contributed by atoms with E-state index in [1.54, 1.807) is 39.5 Å². The lowest BCUT2D eigenvalue weighted by Gasteiger charge is -2.12. The highest BCUT2D eigenvalue weighted by molar-refractivity contribution is 6.02. The molecule has 0 aromatic heterocycles. The number of carbonyl (C=O) groups excluding carboxylic acids is 1. The Morgan fingerprint density at radius 3 is 2.06 bits per heavy atom. The van der Waals surface area contributed by atoms with Crippen LogP contribution in [-0.4, -0.2) is 37.4 Å². The van der Waals surface area contributed by atoms with Gasteiger partial charge in [0.05, 0.1) is 21.3 Å². The fourth-order valence-corrected chi connectivity index (χ4v) is 3.11. The summed E-state index contributed by atoms with van der Waals surface area (Å²) in [6, 6.07) is 15.4. The molecule has 0 unspecified atom stereocenters. The molecule has 33 heavy (non-hydrogen) atoms. The van der Waals surface area contributed by atoms with E-state index in [9.17, 15) is 15.0 Å². The fraction of sp³-hybridized carbons (Fsp3) is 0.115. The largest absolute Gasteiger partial charge is 0.504 e. The highest BCUT2D eigenvalue weighted by atomic mass is 16.5. The lowest BCUT2D eigenvalue weighted by atomic mass is 10.1. The van der Waals surface area contributed by atoms with Crippen molar-refractivity contribution in [1.29, 1.82) is 0 Å². The average Bonchev–Trinajstić information content (AvgIpc) is 2.83. The molecule has 0 radical (unpaired) electrons. The van der Waals surface area contributed by atoms with Crippen molar-refractivity contribution in [3.05, 3.63) is 77.4 Å². The Labute approximate surface area is 192 Å². The maximum atomic E-state index is 12.3. The number of anilines is 1. The first kappa shape index (κ1) is 23.3. The standard InChI is InChI=1S/C26H25NO6/c1-31-23-15-19(16-24(32-2)26(23)33-3)8-7-17-5-4-6-20(13-17)27-25(30)12-10-18-9-11-21(28)22(29)14-18/h4-16,28-29H,1-3H3,(H,27,30)/b8-7?,12-10+. The molecule has 0 aliphatic carbocycles. The Bertz CT molecular complexity index is 1170. The number of carbonyl (C=O) groups is 1. The van der Waals surface area contributed by atoms with Crippen molar-refractivity contribution < 1.29 is 29.2 Å². The summed E-state index contributed by atoms with van der Waals surface area (Å²) in [5.74, 6) is 0.861. The third kappa shape index (κ3) is 6.07. The van der Waals surface area contributed by atoms with E-state index < -0.39 is 0 Å². The van der Waals surface area contributed by atoms with E-state index in [2.05, 4.69) is 5.32 Å². The van der Waals surface area contributed by atoms with Crippen LogP contribution in [0.1, 0.15) is 16.7 Å². The minimum absolute atomic E-state index is 0.215.